The molecule has 0 aliphatic rings. The largest absolute Gasteiger partial charge is 0.508 e. The maximum Gasteiger partial charge on any atom is 0.508 e. The van der Waals surface area contributed by atoms with Crippen molar-refractivity contribution in [3.05, 3.63) is 0 Å². The molecular formula is C20H38O5. The molecule has 0 atom stereocenters. The van der Waals surface area contributed by atoms with Crippen LogP contribution in [0, 0.1) is 0 Å². The van der Waals surface area contributed by atoms with Gasteiger partial charge < -0.3 is 14.6 Å². The van der Waals surface area contributed by atoms with Crippen LogP contribution in [0.25, 0.3) is 0 Å². The Morgan fingerprint density at radius 3 is 1.48 bits per heavy atom. The van der Waals surface area contributed by atoms with Gasteiger partial charge in [0.15, 0.2) is 0 Å². The van der Waals surface area contributed by atoms with E-state index in [1.807, 2.05) is 0 Å². The van der Waals surface area contributed by atoms with Gasteiger partial charge in [0, 0.05) is 6.42 Å². The van der Waals surface area contributed by atoms with Crippen LogP contribution in [-0.2, 0) is 14.3 Å². The molecule has 1 N–H and O–H groups in total. The fourth-order valence-electron chi connectivity index (χ4n) is 2.67. The Morgan fingerprint density at radius 2 is 1.04 bits per heavy atom. The van der Waals surface area contributed by atoms with Crippen molar-refractivity contribution in [3.8, 4) is 0 Å². The van der Waals surface area contributed by atoms with Crippen LogP contribution >= 0.6 is 0 Å². The minimum atomic E-state index is -0.696. The SMILES string of the molecule is CCCCCCCOC(=O)OCCCCCCCCCCCC(=O)O. The quantitative estimate of drug-likeness (QED) is 0.237. The highest BCUT2D eigenvalue weighted by Crippen LogP contribution is 2.10. The van der Waals surface area contributed by atoms with E-state index in [1.165, 1.54) is 38.5 Å². The molecule has 5 heteroatoms. The van der Waals surface area contributed by atoms with Crippen molar-refractivity contribution in [1.29, 1.82) is 0 Å². The zero-order valence-corrected chi connectivity index (χ0v) is 16.1. The van der Waals surface area contributed by atoms with Crippen molar-refractivity contribution < 1.29 is 24.2 Å². The number of carboxylic acid groups (broad SMARTS) is 1. The molecule has 0 heterocycles. The third-order valence-electron chi connectivity index (χ3n) is 4.22. The molecule has 0 aromatic heterocycles. The summed E-state index contributed by atoms with van der Waals surface area (Å²) >= 11 is 0. The molecule has 0 saturated heterocycles. The molecule has 0 amide bonds. The average molecular weight is 359 g/mol. The van der Waals surface area contributed by atoms with E-state index in [-0.39, 0.29) is 0 Å². The van der Waals surface area contributed by atoms with Crippen LogP contribution in [0.15, 0.2) is 0 Å². The number of aliphatic carboxylic acids is 1. The van der Waals surface area contributed by atoms with Crippen LogP contribution in [0.4, 0.5) is 4.79 Å². The van der Waals surface area contributed by atoms with Gasteiger partial charge in [-0.05, 0) is 19.3 Å². The summed E-state index contributed by atoms with van der Waals surface area (Å²) in [7, 11) is 0. The van der Waals surface area contributed by atoms with E-state index in [0.29, 0.717) is 19.6 Å². The minimum absolute atomic E-state index is 0.293. The second-order valence-electron chi connectivity index (χ2n) is 6.69. The van der Waals surface area contributed by atoms with Gasteiger partial charge in [0.1, 0.15) is 0 Å². The van der Waals surface area contributed by atoms with Crippen molar-refractivity contribution in [2.45, 2.75) is 103 Å². The molecule has 0 aliphatic heterocycles. The molecule has 0 saturated carbocycles. The van der Waals surface area contributed by atoms with E-state index in [2.05, 4.69) is 6.92 Å². The lowest BCUT2D eigenvalue weighted by molar-refractivity contribution is -0.137. The summed E-state index contributed by atoms with van der Waals surface area (Å²) < 4.78 is 10.1. The van der Waals surface area contributed by atoms with Crippen LogP contribution in [0.3, 0.4) is 0 Å². The zero-order valence-electron chi connectivity index (χ0n) is 16.1. The first-order valence-corrected chi connectivity index (χ1v) is 10.2. The summed E-state index contributed by atoms with van der Waals surface area (Å²) in [4.78, 5) is 21.7. The number of rotatable bonds is 18. The van der Waals surface area contributed by atoms with E-state index in [1.54, 1.807) is 0 Å². The Bertz CT molecular complexity index is 317. The highest BCUT2D eigenvalue weighted by Gasteiger charge is 2.03. The predicted octanol–water partition coefficient (Wildman–Crippen LogP) is 6.10. The van der Waals surface area contributed by atoms with E-state index >= 15 is 0 Å². The molecule has 148 valence electrons. The molecule has 0 bridgehead atoms. The second kappa shape index (κ2) is 19.1. The lowest BCUT2D eigenvalue weighted by Gasteiger charge is -2.06. The van der Waals surface area contributed by atoms with Gasteiger partial charge in [0.25, 0.3) is 0 Å². The van der Waals surface area contributed by atoms with Gasteiger partial charge in [-0.15, -0.1) is 0 Å². The minimum Gasteiger partial charge on any atom is -0.481 e. The summed E-state index contributed by atoms with van der Waals surface area (Å²) in [6.45, 7) is 3.10. The first-order chi connectivity index (χ1) is 12.2. The highest BCUT2D eigenvalue weighted by molar-refractivity contribution is 5.66. The summed E-state index contributed by atoms with van der Waals surface area (Å²) in [6.07, 6.45) is 15.1. The molecule has 0 fully saturated rings. The Labute approximate surface area is 153 Å². The zero-order chi connectivity index (χ0) is 18.6. The van der Waals surface area contributed by atoms with Gasteiger partial charge in [-0.1, -0.05) is 77.6 Å². The number of hydrogen-bond donors (Lipinski definition) is 1. The maximum absolute atomic E-state index is 11.4. The van der Waals surface area contributed by atoms with E-state index in [4.69, 9.17) is 14.6 Å². The van der Waals surface area contributed by atoms with Crippen LogP contribution in [0.1, 0.15) is 103 Å². The summed E-state index contributed by atoms with van der Waals surface area (Å²) in [5.74, 6) is -0.696. The van der Waals surface area contributed by atoms with E-state index in [0.717, 1.165) is 51.4 Å². The fraction of sp³-hybridized carbons (Fsp3) is 0.900. The van der Waals surface area contributed by atoms with Crippen molar-refractivity contribution in [3.63, 3.8) is 0 Å². The third kappa shape index (κ3) is 20.7. The molecular weight excluding hydrogens is 320 g/mol. The number of carboxylic acids is 1. The van der Waals surface area contributed by atoms with Crippen molar-refractivity contribution >= 4 is 12.1 Å². The lowest BCUT2D eigenvalue weighted by Crippen LogP contribution is -2.09. The van der Waals surface area contributed by atoms with Gasteiger partial charge in [-0.2, -0.15) is 0 Å². The van der Waals surface area contributed by atoms with Gasteiger partial charge in [-0.3, -0.25) is 4.79 Å². The first-order valence-electron chi connectivity index (χ1n) is 10.2. The molecule has 0 radical (unpaired) electrons. The number of ether oxygens (including phenoxy) is 2. The van der Waals surface area contributed by atoms with E-state index < -0.39 is 12.1 Å². The molecule has 5 nitrogen and oxygen atoms in total. The van der Waals surface area contributed by atoms with Crippen molar-refractivity contribution in [2.75, 3.05) is 13.2 Å². The number of carbonyl (C=O) groups excluding carboxylic acids is 1. The van der Waals surface area contributed by atoms with Gasteiger partial charge in [-0.25, -0.2) is 4.79 Å². The van der Waals surface area contributed by atoms with Crippen molar-refractivity contribution in [1.82, 2.24) is 0 Å². The Morgan fingerprint density at radius 1 is 0.640 bits per heavy atom. The van der Waals surface area contributed by atoms with Crippen LogP contribution in [0.5, 0.6) is 0 Å². The van der Waals surface area contributed by atoms with Gasteiger partial charge in [0.05, 0.1) is 13.2 Å². The molecule has 0 aromatic rings. The fourth-order valence-corrected chi connectivity index (χ4v) is 2.67. The van der Waals surface area contributed by atoms with Gasteiger partial charge >= 0.3 is 12.1 Å². The van der Waals surface area contributed by atoms with Crippen molar-refractivity contribution in [2.24, 2.45) is 0 Å². The first kappa shape index (κ1) is 23.7. The smallest absolute Gasteiger partial charge is 0.481 e. The number of unbranched alkanes of at least 4 members (excludes halogenated alkanes) is 12. The monoisotopic (exact) mass is 358 g/mol. The molecule has 0 rings (SSSR count). The van der Waals surface area contributed by atoms with E-state index in [9.17, 15) is 9.59 Å². The standard InChI is InChI=1S/C20H38O5/c1-2-3-4-11-14-17-24-20(23)25-18-15-12-9-7-5-6-8-10-13-16-19(21)22/h2-18H2,1H3,(H,21,22). The topological polar surface area (TPSA) is 72.8 Å². The lowest BCUT2D eigenvalue weighted by atomic mass is 10.1. The maximum atomic E-state index is 11.4. The average Bonchev–Trinajstić information content (AvgIpc) is 2.58. The van der Waals surface area contributed by atoms with Crippen LogP contribution < -0.4 is 0 Å². The normalized spacial score (nSPS) is 10.6. The predicted molar refractivity (Wildman–Crippen MR) is 99.9 cm³/mol. The van der Waals surface area contributed by atoms with Crippen LogP contribution in [-0.4, -0.2) is 30.4 Å². The summed E-state index contributed by atoms with van der Waals surface area (Å²) in [5, 5.41) is 8.53. The Balaban J connectivity index is 3.14. The van der Waals surface area contributed by atoms with Gasteiger partial charge in [0.2, 0.25) is 0 Å². The molecule has 25 heavy (non-hydrogen) atoms. The van der Waals surface area contributed by atoms with Crippen LogP contribution in [0.2, 0.25) is 0 Å². The molecule has 0 unspecified atom stereocenters. The Kier molecular flexibility index (Phi) is 18.1. The summed E-state index contributed by atoms with van der Waals surface area (Å²) in [6, 6.07) is 0. The second-order valence-corrected chi connectivity index (χ2v) is 6.69. The number of carbonyl (C=O) groups is 2. The molecule has 0 aliphatic carbocycles. The molecule has 0 spiro atoms. The molecule has 0 aromatic carbocycles. The highest BCUT2D eigenvalue weighted by atomic mass is 16.7. The summed E-state index contributed by atoms with van der Waals surface area (Å²) in [5.41, 5.74) is 0. The number of hydrogen-bond acceptors (Lipinski definition) is 4. The Hall–Kier alpha value is -1.26. The third-order valence-corrected chi connectivity index (χ3v) is 4.22.